The Morgan fingerprint density at radius 1 is 1.27 bits per heavy atom. The van der Waals surface area contributed by atoms with Gasteiger partial charge in [-0.05, 0) is 63.9 Å². The van der Waals surface area contributed by atoms with Crippen LogP contribution in [0.15, 0.2) is 35.1 Å². The molecule has 0 aliphatic carbocycles. The van der Waals surface area contributed by atoms with Gasteiger partial charge in [-0.15, -0.1) is 0 Å². The average Bonchev–Trinajstić information content (AvgIpc) is 3.19. The van der Waals surface area contributed by atoms with Crippen molar-refractivity contribution in [2.75, 3.05) is 33.2 Å². The molecule has 30 heavy (non-hydrogen) atoms. The molecule has 2 aromatic heterocycles. The van der Waals surface area contributed by atoms with Gasteiger partial charge in [0.15, 0.2) is 5.76 Å². The van der Waals surface area contributed by atoms with Crippen molar-refractivity contribution in [1.29, 1.82) is 0 Å². The lowest BCUT2D eigenvalue weighted by molar-refractivity contribution is -0.137. The van der Waals surface area contributed by atoms with Gasteiger partial charge in [0.05, 0.1) is 18.2 Å². The monoisotopic (exact) mass is 411 g/mol. The largest absolute Gasteiger partial charge is 0.359 e. The van der Waals surface area contributed by atoms with Gasteiger partial charge in [-0.25, -0.2) is 0 Å². The highest BCUT2D eigenvalue weighted by Gasteiger charge is 2.33. The molecule has 1 amide bonds. The molecule has 0 spiro atoms. The summed E-state index contributed by atoms with van der Waals surface area (Å²) in [6.07, 6.45) is 8.22. The molecular formula is C23H33N5O2. The predicted octanol–water partition coefficient (Wildman–Crippen LogP) is 2.71. The second kappa shape index (κ2) is 9.71. The molecule has 0 radical (unpaired) electrons. The molecule has 2 saturated heterocycles. The van der Waals surface area contributed by atoms with Crippen LogP contribution in [-0.4, -0.2) is 70.0 Å². The highest BCUT2D eigenvalue weighted by Crippen LogP contribution is 2.26. The summed E-state index contributed by atoms with van der Waals surface area (Å²) in [5, 5.41) is 3.92. The first-order chi connectivity index (χ1) is 14.6. The van der Waals surface area contributed by atoms with Gasteiger partial charge >= 0.3 is 0 Å². The number of hydrogen-bond donors (Lipinski definition) is 0. The zero-order valence-electron chi connectivity index (χ0n) is 18.2. The van der Waals surface area contributed by atoms with Crippen LogP contribution in [-0.2, 0) is 17.9 Å². The van der Waals surface area contributed by atoms with Crippen molar-refractivity contribution in [3.63, 3.8) is 0 Å². The van der Waals surface area contributed by atoms with Crippen LogP contribution >= 0.6 is 0 Å². The molecule has 4 rings (SSSR count). The molecule has 4 heterocycles. The molecule has 2 aliphatic rings. The molecule has 2 aromatic rings. The Hall–Kier alpha value is -2.25. The lowest BCUT2D eigenvalue weighted by atomic mass is 9.93. The molecule has 0 bridgehead atoms. The van der Waals surface area contributed by atoms with Crippen LogP contribution in [0.5, 0.6) is 0 Å². The molecule has 0 saturated carbocycles. The molecule has 1 unspecified atom stereocenters. The average molecular weight is 412 g/mol. The first-order valence-electron chi connectivity index (χ1n) is 11.1. The number of rotatable bonds is 6. The molecule has 0 N–H and O–H groups in total. The Morgan fingerprint density at radius 3 is 2.80 bits per heavy atom. The van der Waals surface area contributed by atoms with E-state index in [1.807, 2.05) is 38.5 Å². The third-order valence-electron chi connectivity index (χ3n) is 6.45. The number of likely N-dealkylation sites (tertiary alicyclic amines) is 2. The minimum atomic E-state index is 0.0844. The van der Waals surface area contributed by atoms with Crippen LogP contribution in [0, 0.1) is 12.8 Å². The van der Waals surface area contributed by atoms with Gasteiger partial charge < -0.3 is 9.42 Å². The second-order valence-corrected chi connectivity index (χ2v) is 8.83. The number of piperidine rings is 2. The summed E-state index contributed by atoms with van der Waals surface area (Å²) in [4.78, 5) is 24.1. The van der Waals surface area contributed by atoms with E-state index in [1.165, 1.54) is 18.4 Å². The van der Waals surface area contributed by atoms with Crippen LogP contribution in [0.25, 0.3) is 0 Å². The maximum absolute atomic E-state index is 13.0. The number of pyridine rings is 1. The van der Waals surface area contributed by atoms with Crippen molar-refractivity contribution in [2.24, 2.45) is 5.92 Å². The van der Waals surface area contributed by atoms with Crippen molar-refractivity contribution in [2.45, 2.75) is 51.7 Å². The van der Waals surface area contributed by atoms with E-state index in [0.717, 1.165) is 57.0 Å². The van der Waals surface area contributed by atoms with Crippen LogP contribution in [0.1, 0.15) is 42.7 Å². The fourth-order valence-electron chi connectivity index (χ4n) is 4.85. The van der Waals surface area contributed by atoms with Crippen molar-refractivity contribution in [3.05, 3.63) is 47.6 Å². The minimum absolute atomic E-state index is 0.0844. The standard InChI is InChI=1S/C23H33N5O2/c1-18-13-22(30-25-18)17-26(2)23(29)20-6-4-10-28(16-20)21-7-11-27(12-8-21)15-19-5-3-9-24-14-19/h3,5,9,13-14,20-21H,4,6-8,10-12,15-17H2,1-2H3. The first kappa shape index (κ1) is 21.0. The molecule has 1 atom stereocenters. The van der Waals surface area contributed by atoms with Gasteiger partial charge in [0.1, 0.15) is 0 Å². The number of aromatic nitrogens is 2. The number of carbonyl (C=O) groups is 1. The number of aryl methyl sites for hydroxylation is 1. The van der Waals surface area contributed by atoms with Crippen LogP contribution < -0.4 is 0 Å². The van der Waals surface area contributed by atoms with E-state index in [9.17, 15) is 4.79 Å². The Morgan fingerprint density at radius 2 is 2.10 bits per heavy atom. The van der Waals surface area contributed by atoms with E-state index in [-0.39, 0.29) is 11.8 Å². The maximum atomic E-state index is 13.0. The van der Waals surface area contributed by atoms with Crippen molar-refractivity contribution < 1.29 is 9.32 Å². The summed E-state index contributed by atoms with van der Waals surface area (Å²) >= 11 is 0. The summed E-state index contributed by atoms with van der Waals surface area (Å²) in [7, 11) is 1.87. The third kappa shape index (κ3) is 5.26. The SMILES string of the molecule is Cc1cc(CN(C)C(=O)C2CCCN(C3CCN(Cc4cccnc4)CC3)C2)on1. The predicted molar refractivity (Wildman–Crippen MR) is 115 cm³/mol. The van der Waals surface area contributed by atoms with E-state index < -0.39 is 0 Å². The minimum Gasteiger partial charge on any atom is -0.359 e. The number of hydrogen-bond acceptors (Lipinski definition) is 6. The summed E-state index contributed by atoms with van der Waals surface area (Å²) in [6, 6.07) is 6.65. The number of nitrogens with zero attached hydrogens (tertiary/aromatic N) is 5. The topological polar surface area (TPSA) is 65.7 Å². The van der Waals surface area contributed by atoms with Crippen molar-refractivity contribution >= 4 is 5.91 Å². The Bertz CT molecular complexity index is 816. The highest BCUT2D eigenvalue weighted by molar-refractivity contribution is 5.78. The van der Waals surface area contributed by atoms with Crippen molar-refractivity contribution in [3.8, 4) is 0 Å². The molecular weight excluding hydrogens is 378 g/mol. The fraction of sp³-hybridized carbons (Fsp3) is 0.609. The molecule has 2 aliphatic heterocycles. The summed E-state index contributed by atoms with van der Waals surface area (Å²) in [5.74, 6) is 1.06. The Balaban J connectivity index is 1.26. The number of carbonyl (C=O) groups excluding carboxylic acids is 1. The van der Waals surface area contributed by atoms with E-state index >= 15 is 0 Å². The van der Waals surface area contributed by atoms with Gasteiger partial charge in [0.25, 0.3) is 0 Å². The first-order valence-corrected chi connectivity index (χ1v) is 11.1. The van der Waals surface area contributed by atoms with Gasteiger partial charge in [0, 0.05) is 44.6 Å². The van der Waals surface area contributed by atoms with Crippen LogP contribution in [0.4, 0.5) is 0 Å². The molecule has 162 valence electrons. The summed E-state index contributed by atoms with van der Waals surface area (Å²) in [5.41, 5.74) is 2.13. The molecule has 2 fully saturated rings. The van der Waals surface area contributed by atoms with E-state index in [4.69, 9.17) is 4.52 Å². The summed E-state index contributed by atoms with van der Waals surface area (Å²) < 4.78 is 5.28. The van der Waals surface area contributed by atoms with E-state index in [0.29, 0.717) is 12.6 Å². The van der Waals surface area contributed by atoms with Gasteiger partial charge in [0.2, 0.25) is 5.91 Å². The smallest absolute Gasteiger partial charge is 0.227 e. The number of amides is 1. The molecule has 7 heteroatoms. The van der Waals surface area contributed by atoms with Gasteiger partial charge in [-0.2, -0.15) is 0 Å². The van der Waals surface area contributed by atoms with Crippen molar-refractivity contribution in [1.82, 2.24) is 24.8 Å². The zero-order chi connectivity index (χ0) is 20.9. The van der Waals surface area contributed by atoms with E-state index in [1.54, 1.807) is 4.90 Å². The van der Waals surface area contributed by atoms with Crippen LogP contribution in [0.3, 0.4) is 0 Å². The van der Waals surface area contributed by atoms with Gasteiger partial charge in [-0.1, -0.05) is 11.2 Å². The normalized spacial score (nSPS) is 21.6. The van der Waals surface area contributed by atoms with Gasteiger partial charge in [-0.3, -0.25) is 19.6 Å². The van der Waals surface area contributed by atoms with E-state index in [2.05, 4.69) is 26.0 Å². The lowest BCUT2D eigenvalue weighted by Gasteiger charge is -2.42. The fourth-order valence-corrected chi connectivity index (χ4v) is 4.85. The molecule has 7 nitrogen and oxygen atoms in total. The van der Waals surface area contributed by atoms with Crippen LogP contribution in [0.2, 0.25) is 0 Å². The summed E-state index contributed by atoms with van der Waals surface area (Å²) in [6.45, 7) is 7.58. The lowest BCUT2D eigenvalue weighted by Crippen LogP contribution is -2.50. The third-order valence-corrected chi connectivity index (χ3v) is 6.45. The second-order valence-electron chi connectivity index (χ2n) is 8.83. The Kier molecular flexibility index (Phi) is 6.79. The zero-order valence-corrected chi connectivity index (χ0v) is 18.2. The maximum Gasteiger partial charge on any atom is 0.227 e. The molecule has 0 aromatic carbocycles. The highest BCUT2D eigenvalue weighted by atomic mass is 16.5. The quantitative estimate of drug-likeness (QED) is 0.728. The Labute approximate surface area is 179 Å².